The van der Waals surface area contributed by atoms with Crippen LogP contribution in [-0.4, -0.2) is 21.6 Å². The maximum Gasteiger partial charge on any atom is 0.226 e. The van der Waals surface area contributed by atoms with Gasteiger partial charge in [-0.3, -0.25) is 4.79 Å². The molecule has 1 saturated heterocycles. The van der Waals surface area contributed by atoms with E-state index in [1.54, 1.807) is 0 Å². The number of hydrogen-bond donors (Lipinski definition) is 1. The molecule has 0 bridgehead atoms. The van der Waals surface area contributed by atoms with Crippen LogP contribution in [0, 0.1) is 17.8 Å². The van der Waals surface area contributed by atoms with Gasteiger partial charge in [0, 0.05) is 9.65 Å². The number of allylic oxidation sites excluding steroid dienone is 1. The molecule has 0 spiro atoms. The van der Waals surface area contributed by atoms with E-state index in [0.717, 1.165) is 0 Å². The van der Waals surface area contributed by atoms with Gasteiger partial charge in [-0.25, -0.2) is 0 Å². The number of β-lactam (4-membered cyclic amide) rings is 1. The average Bonchev–Trinajstić information content (AvgIpc) is 2.14. The predicted octanol–water partition coefficient (Wildman–Crippen LogP) is 1.44. The minimum atomic E-state index is 0.230. The Hall–Kier alpha value is 0.170. The third-order valence-corrected chi connectivity index (χ3v) is 6.51. The van der Waals surface area contributed by atoms with Crippen LogP contribution in [0.15, 0.2) is 12.2 Å². The van der Waals surface area contributed by atoms with Gasteiger partial charge >= 0.3 is 0 Å². The molecule has 0 unspecified atom stereocenters. The summed E-state index contributed by atoms with van der Waals surface area (Å²) in [5.74, 6) is 1.52. The van der Waals surface area contributed by atoms with Crippen LogP contribution in [0.2, 0.25) is 0 Å². The van der Waals surface area contributed by atoms with Crippen molar-refractivity contribution in [2.45, 2.75) is 15.7 Å². The predicted molar refractivity (Wildman–Crippen MR) is 57.0 cm³/mol. The summed E-state index contributed by atoms with van der Waals surface area (Å²) in [5, 5.41) is 2.90. The highest BCUT2D eigenvalue weighted by atomic mass is 79.9. The maximum absolute atomic E-state index is 11.3. The molecule has 4 heteroatoms. The summed E-state index contributed by atoms with van der Waals surface area (Å²) in [6.07, 6.45) is 4.38. The van der Waals surface area contributed by atoms with Crippen molar-refractivity contribution >= 4 is 37.8 Å². The van der Waals surface area contributed by atoms with Crippen LogP contribution >= 0.6 is 31.9 Å². The number of hydrogen-bond acceptors (Lipinski definition) is 1. The highest BCUT2D eigenvalue weighted by Gasteiger charge is 2.59. The molecule has 1 N–H and O–H groups in total. The highest BCUT2D eigenvalue weighted by molar-refractivity contribution is 9.12. The van der Waals surface area contributed by atoms with E-state index in [9.17, 15) is 4.79 Å². The van der Waals surface area contributed by atoms with Gasteiger partial charge in [-0.15, -0.1) is 0 Å². The molecule has 0 aromatic heterocycles. The number of halogens is 2. The Kier molecular flexibility index (Phi) is 1.69. The first-order valence-corrected chi connectivity index (χ1v) is 6.30. The first-order chi connectivity index (χ1) is 6.20. The summed E-state index contributed by atoms with van der Waals surface area (Å²) >= 11 is 7.26. The van der Waals surface area contributed by atoms with Crippen molar-refractivity contribution in [2.24, 2.45) is 17.8 Å². The molecule has 1 amide bonds. The van der Waals surface area contributed by atoms with Gasteiger partial charge in [0.1, 0.15) is 0 Å². The maximum atomic E-state index is 11.3. The standard InChI is InChI=1S/C9H9Br2NO/c10-7-3-1-2-4-6(9(13)12-4)5(3)8(7)11/h1-8H,(H,12,13)/t3-,4-,5-,6+,7+,8-/m1/s1. The van der Waals surface area contributed by atoms with E-state index < -0.39 is 0 Å². The molecule has 70 valence electrons. The topological polar surface area (TPSA) is 29.1 Å². The van der Waals surface area contributed by atoms with Crippen molar-refractivity contribution in [1.29, 1.82) is 0 Å². The van der Waals surface area contributed by atoms with E-state index in [4.69, 9.17) is 0 Å². The van der Waals surface area contributed by atoms with Crippen LogP contribution in [0.4, 0.5) is 0 Å². The number of carbonyl (C=O) groups excluding carboxylic acids is 1. The zero-order valence-corrected chi connectivity index (χ0v) is 9.95. The molecule has 2 nitrogen and oxygen atoms in total. The summed E-state index contributed by atoms with van der Waals surface area (Å²) in [6.45, 7) is 0. The average molecular weight is 307 g/mol. The van der Waals surface area contributed by atoms with Crippen LogP contribution in [-0.2, 0) is 4.79 Å². The van der Waals surface area contributed by atoms with Gasteiger partial charge < -0.3 is 5.32 Å². The van der Waals surface area contributed by atoms with Crippen LogP contribution in [0.3, 0.4) is 0 Å². The number of carbonyl (C=O) groups is 1. The summed E-state index contributed by atoms with van der Waals surface area (Å²) in [4.78, 5) is 12.3. The van der Waals surface area contributed by atoms with Gasteiger partial charge in [0.2, 0.25) is 5.91 Å². The van der Waals surface area contributed by atoms with E-state index in [0.29, 0.717) is 27.5 Å². The van der Waals surface area contributed by atoms with Crippen LogP contribution < -0.4 is 5.32 Å². The van der Waals surface area contributed by atoms with Gasteiger partial charge in [0.25, 0.3) is 0 Å². The fourth-order valence-electron chi connectivity index (χ4n) is 2.62. The van der Waals surface area contributed by atoms with Crippen molar-refractivity contribution in [3.8, 4) is 0 Å². The number of rotatable bonds is 0. The molecule has 0 aromatic carbocycles. The van der Waals surface area contributed by atoms with Crippen molar-refractivity contribution in [3.05, 3.63) is 12.2 Å². The fourth-order valence-corrected chi connectivity index (χ4v) is 4.54. The SMILES string of the molecule is O=C1N[C@@H]2C=C[C@H]3[C@H](Br)[C@H](Br)[C@H]3[C@@H]12. The van der Waals surface area contributed by atoms with Crippen molar-refractivity contribution in [2.75, 3.05) is 0 Å². The van der Waals surface area contributed by atoms with E-state index in [1.165, 1.54) is 0 Å². The molecule has 2 aliphatic carbocycles. The number of amides is 1. The summed E-state index contributed by atoms with van der Waals surface area (Å²) in [7, 11) is 0. The molecule has 1 saturated carbocycles. The van der Waals surface area contributed by atoms with Crippen molar-refractivity contribution < 1.29 is 4.79 Å². The third kappa shape index (κ3) is 0.911. The van der Waals surface area contributed by atoms with Gasteiger partial charge in [-0.1, -0.05) is 44.0 Å². The molecular formula is C9H9Br2NO. The Morgan fingerprint density at radius 3 is 2.69 bits per heavy atom. The Morgan fingerprint density at radius 2 is 2.00 bits per heavy atom. The Morgan fingerprint density at radius 1 is 1.23 bits per heavy atom. The smallest absolute Gasteiger partial charge is 0.226 e. The first-order valence-electron chi connectivity index (χ1n) is 4.47. The zero-order valence-electron chi connectivity index (χ0n) is 6.78. The summed E-state index contributed by atoms with van der Waals surface area (Å²) < 4.78 is 0. The second-order valence-corrected chi connectivity index (χ2v) is 6.10. The number of alkyl halides is 2. The van der Waals surface area contributed by atoms with Crippen molar-refractivity contribution in [3.63, 3.8) is 0 Å². The molecule has 0 aromatic rings. The lowest BCUT2D eigenvalue weighted by molar-refractivity contribution is -0.139. The summed E-state index contributed by atoms with van der Waals surface area (Å²) in [5.41, 5.74) is 0. The first kappa shape index (κ1) is 8.48. The molecule has 3 aliphatic rings. The van der Waals surface area contributed by atoms with Crippen LogP contribution in [0.5, 0.6) is 0 Å². The van der Waals surface area contributed by atoms with E-state index >= 15 is 0 Å². The van der Waals surface area contributed by atoms with Gasteiger partial charge in [-0.2, -0.15) is 0 Å². The number of fused-ring (bicyclic) bond motifs is 3. The van der Waals surface area contributed by atoms with Crippen LogP contribution in [0.1, 0.15) is 0 Å². The molecule has 1 aliphatic heterocycles. The lowest BCUT2D eigenvalue weighted by Gasteiger charge is -2.56. The summed E-state index contributed by atoms with van der Waals surface area (Å²) in [6, 6.07) is 0.314. The molecule has 2 fully saturated rings. The van der Waals surface area contributed by atoms with E-state index in [-0.39, 0.29) is 11.8 Å². The lowest BCUT2D eigenvalue weighted by atomic mass is 9.59. The Bertz CT molecular complexity index is 304. The zero-order chi connectivity index (χ0) is 9.16. The molecule has 1 heterocycles. The Balaban J connectivity index is 1.92. The molecule has 3 rings (SSSR count). The molecule has 0 radical (unpaired) electrons. The molecule has 13 heavy (non-hydrogen) atoms. The second kappa shape index (κ2) is 2.60. The highest BCUT2D eigenvalue weighted by Crippen LogP contribution is 2.54. The quantitative estimate of drug-likeness (QED) is 0.410. The minimum absolute atomic E-state index is 0.230. The van der Waals surface area contributed by atoms with Crippen LogP contribution in [0.25, 0.3) is 0 Å². The lowest BCUT2D eigenvalue weighted by Crippen LogP contribution is -2.69. The largest absolute Gasteiger partial charge is 0.349 e. The number of nitrogens with one attached hydrogen (secondary N) is 1. The molecular weight excluding hydrogens is 298 g/mol. The van der Waals surface area contributed by atoms with E-state index in [1.807, 2.05) is 0 Å². The van der Waals surface area contributed by atoms with Gasteiger partial charge in [0.15, 0.2) is 0 Å². The second-order valence-electron chi connectivity index (χ2n) is 3.99. The normalized spacial score (nSPS) is 56.9. The minimum Gasteiger partial charge on any atom is -0.349 e. The van der Waals surface area contributed by atoms with Gasteiger partial charge in [-0.05, 0) is 11.8 Å². The Labute approximate surface area is 93.4 Å². The van der Waals surface area contributed by atoms with Crippen molar-refractivity contribution in [1.82, 2.24) is 5.32 Å². The molecule has 6 atom stereocenters. The van der Waals surface area contributed by atoms with E-state index in [2.05, 4.69) is 49.3 Å². The fraction of sp³-hybridized carbons (Fsp3) is 0.667. The third-order valence-electron chi connectivity index (χ3n) is 3.44. The monoisotopic (exact) mass is 305 g/mol. The van der Waals surface area contributed by atoms with Gasteiger partial charge in [0.05, 0.1) is 12.0 Å².